The molecule has 5 heteroatoms. The predicted molar refractivity (Wildman–Crippen MR) is 72.0 cm³/mol. The number of aliphatic hydroxyl groups excluding tert-OH is 1. The number of aromatic nitrogens is 1. The first-order valence-corrected chi connectivity index (χ1v) is 6.04. The van der Waals surface area contributed by atoms with E-state index in [1.807, 2.05) is 0 Å². The van der Waals surface area contributed by atoms with Crippen molar-refractivity contribution in [2.45, 2.75) is 6.61 Å². The number of aromatic hydroxyl groups is 1. The van der Waals surface area contributed by atoms with Crippen LogP contribution >= 0.6 is 11.6 Å². The van der Waals surface area contributed by atoms with Gasteiger partial charge in [0.15, 0.2) is 5.76 Å². The lowest BCUT2D eigenvalue weighted by molar-refractivity contribution is 0.248. The summed E-state index contributed by atoms with van der Waals surface area (Å²) in [5.41, 5.74) is 1.15. The van der Waals surface area contributed by atoms with Gasteiger partial charge in [0.05, 0.1) is 10.5 Å². The van der Waals surface area contributed by atoms with Crippen molar-refractivity contribution >= 4 is 22.5 Å². The second-order valence-electron chi connectivity index (χ2n) is 4.11. The highest BCUT2D eigenvalue weighted by molar-refractivity contribution is 6.35. The molecule has 0 amide bonds. The number of furan rings is 1. The largest absolute Gasteiger partial charge is 0.508 e. The molecule has 2 aromatic heterocycles. The van der Waals surface area contributed by atoms with Crippen LogP contribution < -0.4 is 0 Å². The highest BCUT2D eigenvalue weighted by Gasteiger charge is 2.10. The van der Waals surface area contributed by atoms with E-state index < -0.39 is 0 Å². The van der Waals surface area contributed by atoms with Crippen molar-refractivity contribution < 1.29 is 14.6 Å². The number of benzene rings is 1. The van der Waals surface area contributed by atoms with Crippen molar-refractivity contribution in [3.8, 4) is 17.2 Å². The molecule has 0 saturated heterocycles. The Hall–Kier alpha value is -2.04. The van der Waals surface area contributed by atoms with Crippen LogP contribution in [0.1, 0.15) is 5.76 Å². The lowest BCUT2D eigenvalue weighted by Gasteiger charge is -2.04. The highest BCUT2D eigenvalue weighted by Crippen LogP contribution is 2.30. The van der Waals surface area contributed by atoms with E-state index in [1.165, 1.54) is 0 Å². The van der Waals surface area contributed by atoms with E-state index in [0.29, 0.717) is 27.8 Å². The number of aliphatic hydroxyl groups is 1. The Balaban J connectivity index is 2.19. The number of halogens is 1. The molecular formula is C14H10ClNO3. The third-order valence-corrected chi connectivity index (χ3v) is 3.13. The van der Waals surface area contributed by atoms with Gasteiger partial charge in [-0.25, -0.2) is 4.98 Å². The van der Waals surface area contributed by atoms with Crippen LogP contribution in [0.3, 0.4) is 0 Å². The summed E-state index contributed by atoms with van der Waals surface area (Å²) in [6.07, 6.45) is 0. The summed E-state index contributed by atoms with van der Waals surface area (Å²) >= 11 is 6.19. The summed E-state index contributed by atoms with van der Waals surface area (Å²) in [6.45, 7) is -0.165. The predicted octanol–water partition coefficient (Wildman–Crippen LogP) is 3.35. The Labute approximate surface area is 113 Å². The quantitative estimate of drug-likeness (QED) is 0.753. The summed E-state index contributed by atoms with van der Waals surface area (Å²) in [5, 5.41) is 19.8. The molecular weight excluding hydrogens is 266 g/mol. The van der Waals surface area contributed by atoms with E-state index in [1.54, 1.807) is 36.4 Å². The van der Waals surface area contributed by atoms with E-state index in [4.69, 9.17) is 21.1 Å². The topological polar surface area (TPSA) is 66.5 Å². The Bertz CT molecular complexity index is 752. The molecule has 96 valence electrons. The smallest absolute Gasteiger partial charge is 0.152 e. The molecule has 1 aromatic carbocycles. The number of hydrogen-bond donors (Lipinski definition) is 2. The minimum absolute atomic E-state index is 0.128. The summed E-state index contributed by atoms with van der Waals surface area (Å²) in [4.78, 5) is 4.39. The third-order valence-electron chi connectivity index (χ3n) is 2.81. The number of hydrogen-bond acceptors (Lipinski definition) is 4. The van der Waals surface area contributed by atoms with E-state index in [-0.39, 0.29) is 12.4 Å². The Morgan fingerprint density at radius 2 is 2.00 bits per heavy atom. The number of pyridine rings is 1. The first-order valence-electron chi connectivity index (χ1n) is 5.66. The minimum Gasteiger partial charge on any atom is -0.508 e. The standard InChI is InChI=1S/C14H10ClNO3/c15-11-6-13(14-4-2-9(7-17)19-14)16-12-5-8(18)1-3-10(11)12/h1-6,17-18H,7H2. The van der Waals surface area contributed by atoms with Crippen LogP contribution in [0.4, 0.5) is 0 Å². The lowest BCUT2D eigenvalue weighted by Crippen LogP contribution is -1.85. The van der Waals surface area contributed by atoms with Gasteiger partial charge in [0.25, 0.3) is 0 Å². The molecule has 0 saturated carbocycles. The molecule has 19 heavy (non-hydrogen) atoms. The fourth-order valence-corrected chi connectivity index (χ4v) is 2.16. The Morgan fingerprint density at radius 1 is 1.16 bits per heavy atom. The van der Waals surface area contributed by atoms with Crippen LogP contribution in [0, 0.1) is 0 Å². The normalized spacial score (nSPS) is 11.1. The van der Waals surface area contributed by atoms with Gasteiger partial charge < -0.3 is 14.6 Å². The summed E-state index contributed by atoms with van der Waals surface area (Å²) < 4.78 is 5.42. The molecule has 3 aromatic rings. The zero-order valence-corrected chi connectivity index (χ0v) is 10.6. The Morgan fingerprint density at radius 3 is 2.74 bits per heavy atom. The first-order chi connectivity index (χ1) is 9.17. The molecule has 2 heterocycles. The monoisotopic (exact) mass is 275 g/mol. The average molecular weight is 276 g/mol. The first kappa shape index (κ1) is 12.0. The maximum atomic E-state index is 9.49. The molecule has 0 spiro atoms. The molecule has 0 aliphatic heterocycles. The van der Waals surface area contributed by atoms with Crippen LogP contribution in [0.25, 0.3) is 22.4 Å². The number of fused-ring (bicyclic) bond motifs is 1. The van der Waals surface area contributed by atoms with Gasteiger partial charge in [-0.05, 0) is 30.3 Å². The number of phenolic OH excluding ortho intramolecular Hbond substituents is 1. The van der Waals surface area contributed by atoms with Crippen LogP contribution in [-0.4, -0.2) is 15.2 Å². The number of phenols is 1. The van der Waals surface area contributed by atoms with Gasteiger partial charge in [-0.1, -0.05) is 11.6 Å². The maximum Gasteiger partial charge on any atom is 0.152 e. The lowest BCUT2D eigenvalue weighted by atomic mass is 10.2. The van der Waals surface area contributed by atoms with E-state index in [2.05, 4.69) is 4.98 Å². The molecule has 2 N–H and O–H groups in total. The van der Waals surface area contributed by atoms with Crippen LogP contribution in [0.5, 0.6) is 5.75 Å². The van der Waals surface area contributed by atoms with Crippen molar-refractivity contribution in [3.63, 3.8) is 0 Å². The van der Waals surface area contributed by atoms with Crippen molar-refractivity contribution in [2.24, 2.45) is 0 Å². The Kier molecular flexibility index (Phi) is 2.89. The second kappa shape index (κ2) is 4.57. The average Bonchev–Trinajstić information content (AvgIpc) is 2.86. The van der Waals surface area contributed by atoms with Crippen LogP contribution in [0.2, 0.25) is 5.02 Å². The van der Waals surface area contributed by atoms with Gasteiger partial charge in [-0.3, -0.25) is 0 Å². The van der Waals surface area contributed by atoms with E-state index in [9.17, 15) is 5.11 Å². The maximum absolute atomic E-state index is 9.49. The molecule has 0 atom stereocenters. The fourth-order valence-electron chi connectivity index (χ4n) is 1.90. The van der Waals surface area contributed by atoms with Crippen molar-refractivity contribution in [1.82, 2.24) is 4.98 Å². The molecule has 0 aliphatic carbocycles. The van der Waals surface area contributed by atoms with Gasteiger partial charge in [0.1, 0.15) is 23.8 Å². The van der Waals surface area contributed by atoms with Crippen LogP contribution in [0.15, 0.2) is 40.8 Å². The second-order valence-corrected chi connectivity index (χ2v) is 4.52. The fraction of sp³-hybridized carbons (Fsp3) is 0.0714. The number of rotatable bonds is 2. The zero-order chi connectivity index (χ0) is 13.4. The minimum atomic E-state index is -0.165. The number of nitrogens with zero attached hydrogens (tertiary/aromatic N) is 1. The molecule has 0 bridgehead atoms. The van der Waals surface area contributed by atoms with Gasteiger partial charge in [0.2, 0.25) is 0 Å². The SMILES string of the molecule is OCc1ccc(-c2cc(Cl)c3ccc(O)cc3n2)o1. The van der Waals surface area contributed by atoms with E-state index in [0.717, 1.165) is 5.39 Å². The van der Waals surface area contributed by atoms with Crippen molar-refractivity contribution in [1.29, 1.82) is 0 Å². The molecule has 0 unspecified atom stereocenters. The van der Waals surface area contributed by atoms with Crippen molar-refractivity contribution in [3.05, 3.63) is 47.2 Å². The summed E-state index contributed by atoms with van der Waals surface area (Å²) in [7, 11) is 0. The highest BCUT2D eigenvalue weighted by atomic mass is 35.5. The van der Waals surface area contributed by atoms with Gasteiger partial charge in [0, 0.05) is 11.5 Å². The summed E-state index contributed by atoms with van der Waals surface area (Å²) in [6, 6.07) is 9.91. The third kappa shape index (κ3) is 2.16. The van der Waals surface area contributed by atoms with Crippen molar-refractivity contribution in [2.75, 3.05) is 0 Å². The molecule has 0 aliphatic rings. The van der Waals surface area contributed by atoms with Crippen LogP contribution in [-0.2, 0) is 6.61 Å². The van der Waals surface area contributed by atoms with Gasteiger partial charge in [-0.2, -0.15) is 0 Å². The van der Waals surface area contributed by atoms with Gasteiger partial charge >= 0.3 is 0 Å². The molecule has 3 rings (SSSR count). The van der Waals surface area contributed by atoms with Gasteiger partial charge in [-0.15, -0.1) is 0 Å². The summed E-state index contributed by atoms with van der Waals surface area (Å²) in [5.74, 6) is 1.11. The molecule has 4 nitrogen and oxygen atoms in total. The molecule has 0 fully saturated rings. The van der Waals surface area contributed by atoms with E-state index >= 15 is 0 Å². The zero-order valence-electron chi connectivity index (χ0n) is 9.80. The molecule has 0 radical (unpaired) electrons.